The van der Waals surface area contributed by atoms with Crippen LogP contribution in [0.3, 0.4) is 0 Å². The summed E-state index contributed by atoms with van der Waals surface area (Å²) < 4.78 is 21.0. The third-order valence-electron chi connectivity index (χ3n) is 3.84. The molecule has 1 aliphatic heterocycles. The Labute approximate surface area is 151 Å². The third kappa shape index (κ3) is 4.75. The molecule has 1 heterocycles. The number of hydrogen-bond acceptors (Lipinski definition) is 6. The van der Waals surface area contributed by atoms with Crippen LogP contribution in [0.2, 0.25) is 0 Å². The largest absolute Gasteiger partial charge is 0.494 e. The Morgan fingerprint density at radius 3 is 2.77 bits per heavy atom. The van der Waals surface area contributed by atoms with Gasteiger partial charge in [0.05, 0.1) is 6.61 Å². The molecule has 0 saturated carbocycles. The second-order valence-corrected chi connectivity index (χ2v) is 5.92. The van der Waals surface area contributed by atoms with Crippen LogP contribution in [0.25, 0.3) is 0 Å². The van der Waals surface area contributed by atoms with Crippen molar-refractivity contribution in [1.82, 2.24) is 0 Å². The summed E-state index contributed by atoms with van der Waals surface area (Å²) in [7, 11) is 0. The first-order chi connectivity index (χ1) is 12.6. The van der Waals surface area contributed by atoms with E-state index in [1.54, 1.807) is 18.2 Å². The molecule has 3 rings (SSSR count). The maximum absolute atomic E-state index is 12.1. The second kappa shape index (κ2) is 8.38. The molecule has 0 atom stereocenters. The number of carbonyl (C=O) groups excluding carboxylic acids is 2. The van der Waals surface area contributed by atoms with E-state index in [1.807, 2.05) is 31.2 Å². The lowest BCUT2D eigenvalue weighted by Gasteiger charge is -2.07. The van der Waals surface area contributed by atoms with Gasteiger partial charge < -0.3 is 18.9 Å². The predicted octanol–water partition coefficient (Wildman–Crippen LogP) is 3.31. The van der Waals surface area contributed by atoms with Crippen LogP contribution in [0.15, 0.2) is 42.5 Å². The van der Waals surface area contributed by atoms with Crippen LogP contribution in [-0.2, 0) is 9.53 Å². The van der Waals surface area contributed by atoms with E-state index in [2.05, 4.69) is 0 Å². The molecule has 6 heteroatoms. The van der Waals surface area contributed by atoms with Crippen molar-refractivity contribution in [3.05, 3.63) is 53.6 Å². The van der Waals surface area contributed by atoms with E-state index < -0.39 is 5.97 Å². The van der Waals surface area contributed by atoms with Gasteiger partial charge in [-0.05, 0) is 49.2 Å². The number of benzene rings is 2. The topological polar surface area (TPSA) is 71.1 Å². The van der Waals surface area contributed by atoms with Crippen LogP contribution in [0, 0.1) is 6.92 Å². The molecule has 0 aromatic heterocycles. The Morgan fingerprint density at radius 2 is 1.92 bits per heavy atom. The second-order valence-electron chi connectivity index (χ2n) is 5.92. The highest BCUT2D eigenvalue weighted by Crippen LogP contribution is 2.32. The van der Waals surface area contributed by atoms with E-state index in [-0.39, 0.29) is 25.6 Å². The van der Waals surface area contributed by atoms with Gasteiger partial charge in [-0.1, -0.05) is 12.1 Å². The summed E-state index contributed by atoms with van der Waals surface area (Å²) in [6.45, 7) is 2.25. The Kier molecular flexibility index (Phi) is 5.73. The molecule has 0 radical (unpaired) electrons. The zero-order valence-corrected chi connectivity index (χ0v) is 14.5. The zero-order valence-electron chi connectivity index (χ0n) is 14.5. The lowest BCUT2D eigenvalue weighted by atomic mass is 10.1. The minimum atomic E-state index is -0.424. The normalized spacial score (nSPS) is 11.9. The molecule has 0 aliphatic carbocycles. The number of carbonyl (C=O) groups is 2. The molecule has 1 aliphatic rings. The predicted molar refractivity (Wildman–Crippen MR) is 93.8 cm³/mol. The van der Waals surface area contributed by atoms with Gasteiger partial charge in [0.15, 0.2) is 23.9 Å². The zero-order chi connectivity index (χ0) is 18.4. The maximum Gasteiger partial charge on any atom is 0.306 e. The van der Waals surface area contributed by atoms with Crippen molar-refractivity contribution in [2.24, 2.45) is 0 Å². The molecular formula is C20H20O6. The van der Waals surface area contributed by atoms with E-state index in [4.69, 9.17) is 18.9 Å². The molecule has 0 unspecified atom stereocenters. The molecule has 2 aromatic rings. The molecule has 0 bridgehead atoms. The highest BCUT2D eigenvalue weighted by atomic mass is 16.7. The fourth-order valence-electron chi connectivity index (χ4n) is 2.48. The van der Waals surface area contributed by atoms with Gasteiger partial charge in [-0.25, -0.2) is 0 Å². The van der Waals surface area contributed by atoms with Crippen molar-refractivity contribution in [1.29, 1.82) is 0 Å². The molecule has 0 N–H and O–H groups in total. The molecule has 6 nitrogen and oxygen atoms in total. The Balaban J connectivity index is 1.36. The molecular weight excluding hydrogens is 336 g/mol. The number of ketones is 1. The molecule has 0 fully saturated rings. The number of aryl methyl sites for hydroxylation is 1. The molecule has 2 aromatic carbocycles. The van der Waals surface area contributed by atoms with Crippen molar-refractivity contribution in [2.45, 2.75) is 19.8 Å². The number of rotatable bonds is 8. The summed E-state index contributed by atoms with van der Waals surface area (Å²) >= 11 is 0. The summed E-state index contributed by atoms with van der Waals surface area (Å²) in [5.74, 6) is 1.19. The van der Waals surface area contributed by atoms with Crippen LogP contribution in [0.5, 0.6) is 17.2 Å². The van der Waals surface area contributed by atoms with Gasteiger partial charge in [0.25, 0.3) is 0 Å². The van der Waals surface area contributed by atoms with Crippen LogP contribution in [-0.4, -0.2) is 31.8 Å². The van der Waals surface area contributed by atoms with Gasteiger partial charge in [-0.15, -0.1) is 0 Å². The van der Waals surface area contributed by atoms with Crippen LogP contribution in [0.4, 0.5) is 0 Å². The van der Waals surface area contributed by atoms with E-state index in [1.165, 1.54) is 0 Å². The van der Waals surface area contributed by atoms with Crippen LogP contribution >= 0.6 is 0 Å². The van der Waals surface area contributed by atoms with E-state index >= 15 is 0 Å². The monoisotopic (exact) mass is 356 g/mol. The Bertz CT molecular complexity index is 799. The first kappa shape index (κ1) is 17.8. The number of ether oxygens (including phenoxy) is 4. The van der Waals surface area contributed by atoms with Gasteiger partial charge >= 0.3 is 5.97 Å². The molecule has 0 saturated heterocycles. The van der Waals surface area contributed by atoms with Gasteiger partial charge in [-0.2, -0.15) is 0 Å². The quantitative estimate of drug-likeness (QED) is 0.411. The van der Waals surface area contributed by atoms with E-state index in [0.29, 0.717) is 30.1 Å². The minimum absolute atomic E-state index is 0.145. The number of Topliss-reactive ketones (excluding diaryl/α,β-unsaturated/α-hetero) is 1. The third-order valence-corrected chi connectivity index (χ3v) is 3.84. The SMILES string of the molecule is Cc1cccc(OCCCC(=O)OCC(=O)c2ccc3c(c2)OCO3)c1. The van der Waals surface area contributed by atoms with Crippen molar-refractivity contribution in [2.75, 3.05) is 20.0 Å². The summed E-state index contributed by atoms with van der Waals surface area (Å²) in [6, 6.07) is 12.6. The summed E-state index contributed by atoms with van der Waals surface area (Å²) in [4.78, 5) is 23.9. The first-order valence-electron chi connectivity index (χ1n) is 8.40. The average Bonchev–Trinajstić information content (AvgIpc) is 3.11. The van der Waals surface area contributed by atoms with Crippen molar-refractivity contribution >= 4 is 11.8 Å². The molecule has 0 amide bonds. The lowest BCUT2D eigenvalue weighted by molar-refractivity contribution is -0.142. The lowest BCUT2D eigenvalue weighted by Crippen LogP contribution is -2.14. The highest BCUT2D eigenvalue weighted by molar-refractivity contribution is 5.98. The fraction of sp³-hybridized carbons (Fsp3) is 0.300. The van der Waals surface area contributed by atoms with Gasteiger partial charge in [0.1, 0.15) is 5.75 Å². The summed E-state index contributed by atoms with van der Waals surface area (Å²) in [5, 5.41) is 0. The number of esters is 1. The average molecular weight is 356 g/mol. The molecule has 26 heavy (non-hydrogen) atoms. The summed E-state index contributed by atoms with van der Waals surface area (Å²) in [5.41, 5.74) is 1.54. The van der Waals surface area contributed by atoms with Crippen molar-refractivity contribution in [3.63, 3.8) is 0 Å². The van der Waals surface area contributed by atoms with Gasteiger partial charge in [-0.3, -0.25) is 9.59 Å². The van der Waals surface area contributed by atoms with E-state index in [0.717, 1.165) is 11.3 Å². The van der Waals surface area contributed by atoms with E-state index in [9.17, 15) is 9.59 Å². The molecule has 136 valence electrons. The maximum atomic E-state index is 12.1. The van der Waals surface area contributed by atoms with Gasteiger partial charge in [0.2, 0.25) is 6.79 Å². The summed E-state index contributed by atoms with van der Waals surface area (Å²) in [6.07, 6.45) is 0.714. The molecule has 0 spiro atoms. The van der Waals surface area contributed by atoms with Gasteiger partial charge in [0, 0.05) is 12.0 Å². The smallest absolute Gasteiger partial charge is 0.306 e. The van der Waals surface area contributed by atoms with Crippen LogP contribution < -0.4 is 14.2 Å². The standard InChI is InChI=1S/C20H20O6/c1-14-4-2-5-16(10-14)23-9-3-6-20(22)24-12-17(21)15-7-8-18-19(11-15)26-13-25-18/h2,4-5,7-8,10-11H,3,6,9,12-13H2,1H3. The Morgan fingerprint density at radius 1 is 1.08 bits per heavy atom. The number of fused-ring (bicyclic) bond motifs is 1. The number of hydrogen-bond donors (Lipinski definition) is 0. The Hall–Kier alpha value is -3.02. The fourth-order valence-corrected chi connectivity index (χ4v) is 2.48. The van der Waals surface area contributed by atoms with Crippen LogP contribution in [0.1, 0.15) is 28.8 Å². The van der Waals surface area contributed by atoms with Crippen molar-refractivity contribution in [3.8, 4) is 17.2 Å². The highest BCUT2D eigenvalue weighted by Gasteiger charge is 2.17. The first-order valence-corrected chi connectivity index (χ1v) is 8.40. The minimum Gasteiger partial charge on any atom is -0.494 e. The van der Waals surface area contributed by atoms with Crippen molar-refractivity contribution < 1.29 is 28.5 Å².